The Labute approximate surface area is 211 Å². The second kappa shape index (κ2) is 11.1. The van der Waals surface area contributed by atoms with Gasteiger partial charge in [0.05, 0.1) is 17.7 Å². The van der Waals surface area contributed by atoms with Crippen LogP contribution in [0.25, 0.3) is 0 Å². The first-order valence-electron chi connectivity index (χ1n) is 12.4. The van der Waals surface area contributed by atoms with Gasteiger partial charge in [0.25, 0.3) is 11.8 Å². The van der Waals surface area contributed by atoms with E-state index in [0.717, 1.165) is 12.8 Å². The maximum atomic E-state index is 13.5. The van der Waals surface area contributed by atoms with Crippen LogP contribution in [0.5, 0.6) is 5.75 Å². The Hall–Kier alpha value is -3.46. The third-order valence-corrected chi connectivity index (χ3v) is 6.85. The first-order valence-corrected chi connectivity index (χ1v) is 12.4. The number of fused-ring (bicyclic) bond motifs is 1. The molecule has 0 bridgehead atoms. The SMILES string of the molecule is CO[C@H]1CN(C)C(=O)c2ccc(NC(=O)C3CC3)cc2OC[C@@H](C)N(C(=O)c2ccncc2)C[C@H]1C. The molecule has 1 fully saturated rings. The van der Waals surface area contributed by atoms with Crippen molar-refractivity contribution in [1.82, 2.24) is 14.8 Å². The van der Waals surface area contributed by atoms with Gasteiger partial charge in [0.2, 0.25) is 5.91 Å². The fourth-order valence-electron chi connectivity index (χ4n) is 4.38. The molecule has 1 saturated carbocycles. The summed E-state index contributed by atoms with van der Waals surface area (Å²) in [6, 6.07) is 8.18. The summed E-state index contributed by atoms with van der Waals surface area (Å²) in [5, 5.41) is 2.91. The van der Waals surface area contributed by atoms with Gasteiger partial charge < -0.3 is 24.6 Å². The Kier molecular flexibility index (Phi) is 7.88. The molecule has 2 heterocycles. The molecule has 36 heavy (non-hydrogen) atoms. The van der Waals surface area contributed by atoms with Crippen LogP contribution in [0.4, 0.5) is 5.69 Å². The van der Waals surface area contributed by atoms with Crippen molar-refractivity contribution in [3.05, 3.63) is 53.9 Å². The predicted octanol–water partition coefficient (Wildman–Crippen LogP) is 3.08. The number of ether oxygens (including phenoxy) is 2. The number of pyridine rings is 1. The van der Waals surface area contributed by atoms with Crippen molar-refractivity contribution in [3.63, 3.8) is 0 Å². The van der Waals surface area contributed by atoms with Crippen LogP contribution in [-0.2, 0) is 9.53 Å². The van der Waals surface area contributed by atoms with Gasteiger partial charge in [0.15, 0.2) is 0 Å². The maximum Gasteiger partial charge on any atom is 0.257 e. The van der Waals surface area contributed by atoms with Crippen LogP contribution >= 0.6 is 0 Å². The Bertz CT molecular complexity index is 1100. The molecule has 9 nitrogen and oxygen atoms in total. The quantitative estimate of drug-likeness (QED) is 0.701. The molecule has 4 rings (SSSR count). The van der Waals surface area contributed by atoms with Crippen molar-refractivity contribution in [1.29, 1.82) is 0 Å². The third-order valence-electron chi connectivity index (χ3n) is 6.85. The number of methoxy groups -OCH3 is 1. The van der Waals surface area contributed by atoms with Gasteiger partial charge in [0, 0.05) is 68.8 Å². The average Bonchev–Trinajstić information content (AvgIpc) is 3.74. The van der Waals surface area contributed by atoms with E-state index in [-0.39, 0.29) is 48.3 Å². The molecular formula is C27H34N4O5. The van der Waals surface area contributed by atoms with Crippen molar-refractivity contribution in [3.8, 4) is 5.75 Å². The third kappa shape index (κ3) is 5.84. The van der Waals surface area contributed by atoms with Crippen LogP contribution < -0.4 is 10.1 Å². The number of nitrogens with one attached hydrogen (secondary N) is 1. The first kappa shape index (κ1) is 25.6. The van der Waals surface area contributed by atoms with Crippen LogP contribution in [-0.4, -0.2) is 78.5 Å². The molecule has 1 aromatic carbocycles. The van der Waals surface area contributed by atoms with Gasteiger partial charge in [-0.1, -0.05) is 6.92 Å². The summed E-state index contributed by atoms with van der Waals surface area (Å²) < 4.78 is 11.9. The number of hydrogen-bond acceptors (Lipinski definition) is 6. The minimum atomic E-state index is -0.296. The first-order chi connectivity index (χ1) is 17.3. The summed E-state index contributed by atoms with van der Waals surface area (Å²) in [4.78, 5) is 46.5. The Balaban J connectivity index is 1.66. The van der Waals surface area contributed by atoms with Gasteiger partial charge >= 0.3 is 0 Å². The number of hydrogen-bond donors (Lipinski definition) is 1. The predicted molar refractivity (Wildman–Crippen MR) is 135 cm³/mol. The number of carbonyl (C=O) groups is 3. The zero-order chi connectivity index (χ0) is 25.8. The van der Waals surface area contributed by atoms with Crippen LogP contribution in [0.2, 0.25) is 0 Å². The highest BCUT2D eigenvalue weighted by molar-refractivity contribution is 5.99. The number of benzene rings is 1. The summed E-state index contributed by atoms with van der Waals surface area (Å²) in [5.74, 6) is 0.0367. The molecule has 192 valence electrons. The van der Waals surface area contributed by atoms with Crippen LogP contribution in [0.1, 0.15) is 47.4 Å². The van der Waals surface area contributed by atoms with Gasteiger partial charge in [-0.05, 0) is 44.0 Å². The number of anilines is 1. The second-order valence-electron chi connectivity index (χ2n) is 9.77. The smallest absolute Gasteiger partial charge is 0.257 e. The zero-order valence-corrected chi connectivity index (χ0v) is 21.3. The molecule has 3 atom stereocenters. The molecule has 0 spiro atoms. The summed E-state index contributed by atoms with van der Waals surface area (Å²) in [5.41, 5.74) is 1.51. The fourth-order valence-corrected chi connectivity index (χ4v) is 4.38. The van der Waals surface area contributed by atoms with Gasteiger partial charge in [-0.3, -0.25) is 19.4 Å². The average molecular weight is 495 g/mol. The highest BCUT2D eigenvalue weighted by Gasteiger charge is 2.32. The maximum absolute atomic E-state index is 13.5. The zero-order valence-electron chi connectivity index (χ0n) is 21.3. The van der Waals surface area contributed by atoms with Gasteiger partial charge in [0.1, 0.15) is 12.4 Å². The number of amides is 3. The van der Waals surface area contributed by atoms with E-state index >= 15 is 0 Å². The summed E-state index contributed by atoms with van der Waals surface area (Å²) in [6.07, 6.45) is 4.71. The topological polar surface area (TPSA) is 101 Å². The van der Waals surface area contributed by atoms with E-state index in [4.69, 9.17) is 9.47 Å². The molecule has 2 aliphatic rings. The molecule has 3 amide bonds. The van der Waals surface area contributed by atoms with Gasteiger partial charge in [-0.25, -0.2) is 0 Å². The lowest BCUT2D eigenvalue weighted by atomic mass is 10.0. The van der Waals surface area contributed by atoms with Crippen LogP contribution in [0.3, 0.4) is 0 Å². The van der Waals surface area contributed by atoms with Crippen LogP contribution in [0.15, 0.2) is 42.7 Å². The van der Waals surface area contributed by atoms with Crippen molar-refractivity contribution < 1.29 is 23.9 Å². The monoisotopic (exact) mass is 494 g/mol. The van der Waals surface area contributed by atoms with E-state index in [0.29, 0.717) is 35.7 Å². The van der Waals surface area contributed by atoms with Gasteiger partial charge in [-0.15, -0.1) is 0 Å². The second-order valence-corrected chi connectivity index (χ2v) is 9.77. The van der Waals surface area contributed by atoms with Crippen molar-refractivity contribution in [2.75, 3.05) is 39.2 Å². The van der Waals surface area contributed by atoms with E-state index < -0.39 is 0 Å². The molecule has 9 heteroatoms. The highest BCUT2D eigenvalue weighted by atomic mass is 16.5. The molecular weight excluding hydrogens is 460 g/mol. The van der Waals surface area contributed by atoms with Crippen molar-refractivity contribution >= 4 is 23.4 Å². The lowest BCUT2D eigenvalue weighted by molar-refractivity contribution is -0.117. The molecule has 0 radical (unpaired) electrons. The Morgan fingerprint density at radius 2 is 1.83 bits per heavy atom. The summed E-state index contributed by atoms with van der Waals surface area (Å²) >= 11 is 0. The molecule has 1 N–H and O–H groups in total. The summed E-state index contributed by atoms with van der Waals surface area (Å²) in [6.45, 7) is 4.89. The Morgan fingerprint density at radius 1 is 1.11 bits per heavy atom. The number of nitrogens with zero attached hydrogens (tertiary/aromatic N) is 3. The lowest BCUT2D eigenvalue weighted by Crippen LogP contribution is -2.48. The molecule has 1 aliphatic heterocycles. The Morgan fingerprint density at radius 3 is 2.50 bits per heavy atom. The van der Waals surface area contributed by atoms with E-state index in [1.807, 2.05) is 13.8 Å². The lowest BCUT2D eigenvalue weighted by Gasteiger charge is -2.36. The number of carbonyl (C=O) groups excluding carboxylic acids is 3. The highest BCUT2D eigenvalue weighted by Crippen LogP contribution is 2.32. The minimum Gasteiger partial charge on any atom is -0.491 e. The molecule has 1 aliphatic carbocycles. The van der Waals surface area contributed by atoms with Crippen molar-refractivity contribution in [2.45, 2.75) is 38.8 Å². The molecule has 2 aromatic rings. The van der Waals surface area contributed by atoms with Crippen molar-refractivity contribution in [2.24, 2.45) is 11.8 Å². The number of aromatic nitrogens is 1. The number of likely N-dealkylation sites (N-methyl/N-ethyl adjacent to an activating group) is 1. The largest absolute Gasteiger partial charge is 0.491 e. The molecule has 0 saturated heterocycles. The normalized spacial score (nSPS) is 23.1. The minimum absolute atomic E-state index is 0.0223. The number of rotatable bonds is 4. The standard InChI is InChI=1S/C27H34N4O5/c1-17-14-31(26(33)20-9-11-28-12-10-20)18(2)16-36-23-13-21(29-25(32)19-5-6-19)7-8-22(23)27(34)30(3)15-24(17)35-4/h7-13,17-19,24H,5-6,14-16H2,1-4H3,(H,29,32)/t17-,18-,24+/m1/s1. The van der Waals surface area contributed by atoms with E-state index in [9.17, 15) is 14.4 Å². The van der Waals surface area contributed by atoms with Crippen LogP contribution in [0, 0.1) is 11.8 Å². The van der Waals surface area contributed by atoms with E-state index in [2.05, 4.69) is 10.3 Å². The summed E-state index contributed by atoms with van der Waals surface area (Å²) in [7, 11) is 3.34. The van der Waals surface area contributed by atoms with E-state index in [1.54, 1.807) is 66.7 Å². The molecule has 1 aromatic heterocycles. The van der Waals surface area contributed by atoms with E-state index in [1.165, 1.54) is 0 Å². The van der Waals surface area contributed by atoms with Gasteiger partial charge in [-0.2, -0.15) is 0 Å². The molecule has 0 unspecified atom stereocenters. The fraction of sp³-hybridized carbons (Fsp3) is 0.481.